The maximum Gasteiger partial charge on any atom is 0.0738 e. The average molecular weight is 342 g/mol. The van der Waals surface area contributed by atoms with E-state index < -0.39 is 0 Å². The molecule has 0 saturated heterocycles. The van der Waals surface area contributed by atoms with Crippen LogP contribution in [-0.4, -0.2) is 22.4 Å². The lowest BCUT2D eigenvalue weighted by atomic mass is 9.81. The standard InChI is InChI=1S/C16H28BrN3/c1-5-9-16(4,11-18-13-7-8-13)10-14-15(17)12(3)19-20(14)6-2/h13,18H,5-11H2,1-4H3. The third kappa shape index (κ3) is 3.85. The van der Waals surface area contributed by atoms with Gasteiger partial charge in [-0.05, 0) is 60.9 Å². The van der Waals surface area contributed by atoms with Gasteiger partial charge in [-0.25, -0.2) is 0 Å². The summed E-state index contributed by atoms with van der Waals surface area (Å²) in [6.45, 7) is 11.0. The molecule has 0 amide bonds. The minimum absolute atomic E-state index is 0.319. The van der Waals surface area contributed by atoms with Gasteiger partial charge in [0.1, 0.15) is 0 Å². The summed E-state index contributed by atoms with van der Waals surface area (Å²) in [6.07, 6.45) is 6.30. The van der Waals surface area contributed by atoms with Crippen molar-refractivity contribution in [1.82, 2.24) is 15.1 Å². The van der Waals surface area contributed by atoms with Crippen molar-refractivity contribution in [3.63, 3.8) is 0 Å². The molecule has 1 N–H and O–H groups in total. The summed E-state index contributed by atoms with van der Waals surface area (Å²) < 4.78 is 3.36. The van der Waals surface area contributed by atoms with Crippen molar-refractivity contribution < 1.29 is 0 Å². The van der Waals surface area contributed by atoms with Crippen LogP contribution in [0.4, 0.5) is 0 Å². The van der Waals surface area contributed by atoms with Crippen LogP contribution in [0, 0.1) is 12.3 Å². The Hall–Kier alpha value is -0.350. The van der Waals surface area contributed by atoms with Crippen LogP contribution in [0.25, 0.3) is 0 Å². The molecule has 1 aliphatic carbocycles. The number of nitrogens with one attached hydrogen (secondary N) is 1. The van der Waals surface area contributed by atoms with E-state index in [1.807, 2.05) is 0 Å². The molecule has 1 aromatic rings. The van der Waals surface area contributed by atoms with Gasteiger partial charge in [-0.1, -0.05) is 20.3 Å². The van der Waals surface area contributed by atoms with Crippen LogP contribution >= 0.6 is 15.9 Å². The minimum atomic E-state index is 0.319. The predicted molar refractivity (Wildman–Crippen MR) is 88.1 cm³/mol. The van der Waals surface area contributed by atoms with E-state index >= 15 is 0 Å². The third-order valence-electron chi connectivity index (χ3n) is 4.30. The number of aromatic nitrogens is 2. The maximum absolute atomic E-state index is 4.63. The Morgan fingerprint density at radius 3 is 2.65 bits per heavy atom. The van der Waals surface area contributed by atoms with Crippen molar-refractivity contribution >= 4 is 15.9 Å². The van der Waals surface area contributed by atoms with E-state index in [0.717, 1.165) is 31.2 Å². The highest BCUT2D eigenvalue weighted by molar-refractivity contribution is 9.10. The Bertz CT molecular complexity index is 451. The molecular weight excluding hydrogens is 314 g/mol. The average Bonchev–Trinajstić information content (AvgIpc) is 3.20. The van der Waals surface area contributed by atoms with E-state index in [1.165, 1.54) is 35.8 Å². The van der Waals surface area contributed by atoms with Gasteiger partial charge in [0.15, 0.2) is 0 Å². The van der Waals surface area contributed by atoms with E-state index in [1.54, 1.807) is 0 Å². The van der Waals surface area contributed by atoms with Gasteiger partial charge in [0.05, 0.1) is 15.9 Å². The molecule has 1 heterocycles. The number of hydrogen-bond donors (Lipinski definition) is 1. The van der Waals surface area contributed by atoms with Crippen LogP contribution in [-0.2, 0) is 13.0 Å². The lowest BCUT2D eigenvalue weighted by molar-refractivity contribution is 0.267. The Morgan fingerprint density at radius 1 is 1.40 bits per heavy atom. The third-order valence-corrected chi connectivity index (χ3v) is 5.33. The molecule has 2 rings (SSSR count). The topological polar surface area (TPSA) is 29.9 Å². The molecule has 114 valence electrons. The number of aryl methyl sites for hydroxylation is 2. The summed E-state index contributed by atoms with van der Waals surface area (Å²) in [4.78, 5) is 0. The Kier molecular flexibility index (Phi) is 5.30. The lowest BCUT2D eigenvalue weighted by Gasteiger charge is -2.30. The van der Waals surface area contributed by atoms with Gasteiger partial charge in [-0.3, -0.25) is 4.68 Å². The van der Waals surface area contributed by atoms with E-state index in [9.17, 15) is 0 Å². The van der Waals surface area contributed by atoms with Crippen molar-refractivity contribution in [3.8, 4) is 0 Å². The zero-order chi connectivity index (χ0) is 14.8. The first-order chi connectivity index (χ1) is 9.49. The van der Waals surface area contributed by atoms with Crippen LogP contribution < -0.4 is 5.32 Å². The fourth-order valence-electron chi connectivity index (χ4n) is 2.96. The number of rotatable bonds is 8. The molecule has 1 unspecified atom stereocenters. The first-order valence-corrected chi connectivity index (χ1v) is 8.73. The molecule has 1 aromatic heterocycles. The molecule has 0 radical (unpaired) electrons. The number of halogens is 1. The summed E-state index contributed by atoms with van der Waals surface area (Å²) in [6, 6.07) is 0.785. The maximum atomic E-state index is 4.63. The summed E-state index contributed by atoms with van der Waals surface area (Å²) in [5, 5.41) is 8.35. The molecule has 20 heavy (non-hydrogen) atoms. The van der Waals surface area contributed by atoms with Crippen LogP contribution in [0.3, 0.4) is 0 Å². The van der Waals surface area contributed by atoms with Gasteiger partial charge in [0.2, 0.25) is 0 Å². The molecule has 3 nitrogen and oxygen atoms in total. The smallest absolute Gasteiger partial charge is 0.0738 e. The van der Waals surface area contributed by atoms with Crippen LogP contribution in [0.15, 0.2) is 4.47 Å². The van der Waals surface area contributed by atoms with Gasteiger partial charge in [0.25, 0.3) is 0 Å². The fourth-order valence-corrected chi connectivity index (χ4v) is 3.39. The van der Waals surface area contributed by atoms with Gasteiger partial charge in [-0.15, -0.1) is 0 Å². The second kappa shape index (κ2) is 6.61. The first kappa shape index (κ1) is 16.0. The molecule has 0 aromatic carbocycles. The van der Waals surface area contributed by atoms with E-state index in [4.69, 9.17) is 0 Å². The molecule has 1 fully saturated rings. The molecule has 1 aliphatic rings. The Morgan fingerprint density at radius 2 is 2.10 bits per heavy atom. The molecule has 0 spiro atoms. The van der Waals surface area contributed by atoms with Crippen LogP contribution in [0.2, 0.25) is 0 Å². The molecule has 1 saturated carbocycles. The molecule has 1 atom stereocenters. The van der Waals surface area contributed by atoms with Gasteiger partial charge in [-0.2, -0.15) is 5.10 Å². The Balaban J connectivity index is 2.13. The van der Waals surface area contributed by atoms with Crippen molar-refractivity contribution in [2.75, 3.05) is 6.54 Å². The van der Waals surface area contributed by atoms with E-state index in [-0.39, 0.29) is 0 Å². The molecule has 0 bridgehead atoms. The lowest BCUT2D eigenvalue weighted by Crippen LogP contribution is -2.35. The van der Waals surface area contributed by atoms with Crippen molar-refractivity contribution in [3.05, 3.63) is 15.9 Å². The Labute approximate surface area is 131 Å². The predicted octanol–water partition coefficient (Wildman–Crippen LogP) is 4.07. The minimum Gasteiger partial charge on any atom is -0.313 e. The van der Waals surface area contributed by atoms with E-state index in [2.05, 4.69) is 58.7 Å². The summed E-state index contributed by atoms with van der Waals surface area (Å²) in [5.74, 6) is 0. The zero-order valence-corrected chi connectivity index (χ0v) is 14.9. The highest BCUT2D eigenvalue weighted by Crippen LogP contribution is 2.33. The second-order valence-electron chi connectivity index (χ2n) is 6.55. The van der Waals surface area contributed by atoms with Gasteiger partial charge >= 0.3 is 0 Å². The first-order valence-electron chi connectivity index (χ1n) is 7.94. The van der Waals surface area contributed by atoms with Crippen molar-refractivity contribution in [2.24, 2.45) is 5.41 Å². The normalized spacial score (nSPS) is 18.2. The molecular formula is C16H28BrN3. The second-order valence-corrected chi connectivity index (χ2v) is 7.35. The van der Waals surface area contributed by atoms with Crippen LogP contribution in [0.5, 0.6) is 0 Å². The number of nitrogens with zero attached hydrogens (tertiary/aromatic N) is 2. The van der Waals surface area contributed by atoms with Gasteiger partial charge < -0.3 is 5.32 Å². The number of hydrogen-bond acceptors (Lipinski definition) is 2. The zero-order valence-electron chi connectivity index (χ0n) is 13.3. The highest BCUT2D eigenvalue weighted by atomic mass is 79.9. The van der Waals surface area contributed by atoms with Gasteiger partial charge in [0, 0.05) is 19.1 Å². The summed E-state index contributed by atoms with van der Waals surface area (Å²) in [7, 11) is 0. The van der Waals surface area contributed by atoms with E-state index in [0.29, 0.717) is 5.41 Å². The quantitative estimate of drug-likeness (QED) is 0.772. The monoisotopic (exact) mass is 341 g/mol. The van der Waals surface area contributed by atoms with Crippen molar-refractivity contribution in [1.29, 1.82) is 0 Å². The molecule has 4 heteroatoms. The van der Waals surface area contributed by atoms with Crippen LogP contribution in [0.1, 0.15) is 57.8 Å². The summed E-state index contributed by atoms with van der Waals surface area (Å²) in [5.41, 5.74) is 2.79. The molecule has 0 aliphatic heterocycles. The highest BCUT2D eigenvalue weighted by Gasteiger charge is 2.30. The fraction of sp³-hybridized carbons (Fsp3) is 0.812. The summed E-state index contributed by atoms with van der Waals surface area (Å²) >= 11 is 3.73. The van der Waals surface area contributed by atoms with Crippen molar-refractivity contribution in [2.45, 2.75) is 72.4 Å². The SMILES string of the molecule is CCCC(C)(CNC1CC1)Cc1c(Br)c(C)nn1CC. The largest absolute Gasteiger partial charge is 0.313 e.